The maximum absolute atomic E-state index is 12.1. The van der Waals surface area contributed by atoms with Crippen molar-refractivity contribution in [3.8, 4) is 0 Å². The topological polar surface area (TPSA) is 57.6 Å². The summed E-state index contributed by atoms with van der Waals surface area (Å²) in [6.07, 6.45) is -0.624. The number of fused-ring (bicyclic) bond motifs is 1. The van der Waals surface area contributed by atoms with E-state index in [-0.39, 0.29) is 4.90 Å². The molecule has 1 aromatic heterocycles. The molecule has 0 aliphatic rings. The van der Waals surface area contributed by atoms with Crippen molar-refractivity contribution >= 4 is 43.2 Å². The number of rotatable bonds is 7. The van der Waals surface area contributed by atoms with Crippen molar-refractivity contribution in [3.05, 3.63) is 65.0 Å². The second-order valence-electron chi connectivity index (χ2n) is 6.18. The van der Waals surface area contributed by atoms with E-state index in [1.807, 2.05) is 0 Å². The first kappa shape index (κ1) is 19.4. The summed E-state index contributed by atoms with van der Waals surface area (Å²) in [6, 6.07) is 15.0. The lowest BCUT2D eigenvalue weighted by molar-refractivity contribution is 0.204. The number of sulfonamides is 1. The third kappa shape index (κ3) is 4.29. The van der Waals surface area contributed by atoms with Gasteiger partial charge in [0.05, 0.1) is 11.0 Å². The lowest BCUT2D eigenvalue weighted by Gasteiger charge is -2.14. The van der Waals surface area contributed by atoms with Crippen LogP contribution in [-0.4, -0.2) is 37.7 Å². The Morgan fingerprint density at radius 3 is 2.54 bits per heavy atom. The third-order valence-corrected chi connectivity index (χ3v) is 7.92. The van der Waals surface area contributed by atoms with Gasteiger partial charge in [0.25, 0.3) is 0 Å². The number of thioether (sulfide) groups is 1. The fourth-order valence-corrected chi connectivity index (χ4v) is 5.18. The molecule has 7 heteroatoms. The molecule has 4 nitrogen and oxygen atoms in total. The van der Waals surface area contributed by atoms with Gasteiger partial charge in [-0.2, -0.15) is 11.8 Å². The zero-order chi connectivity index (χ0) is 18.7. The first-order chi connectivity index (χ1) is 12.4. The molecule has 0 spiro atoms. The van der Waals surface area contributed by atoms with Crippen molar-refractivity contribution in [2.45, 2.75) is 16.8 Å². The van der Waals surface area contributed by atoms with Crippen molar-refractivity contribution in [1.29, 1.82) is 0 Å². The number of hydrogen-bond acceptors (Lipinski definition) is 5. The van der Waals surface area contributed by atoms with Crippen LogP contribution in [0.3, 0.4) is 0 Å². The average Bonchev–Trinajstić information content (AvgIpc) is 3.09. The Morgan fingerprint density at radius 1 is 1.12 bits per heavy atom. The van der Waals surface area contributed by atoms with Gasteiger partial charge < -0.3 is 5.11 Å². The van der Waals surface area contributed by atoms with Crippen LogP contribution in [0, 0.1) is 0 Å². The van der Waals surface area contributed by atoms with Crippen molar-refractivity contribution in [2.24, 2.45) is 0 Å². The van der Waals surface area contributed by atoms with E-state index in [0.29, 0.717) is 5.75 Å². The lowest BCUT2D eigenvalue weighted by Crippen LogP contribution is -2.22. The molecule has 0 bridgehead atoms. The quantitative estimate of drug-likeness (QED) is 0.640. The second-order valence-corrected chi connectivity index (χ2v) is 10.3. The van der Waals surface area contributed by atoms with Crippen LogP contribution < -0.4 is 0 Å². The van der Waals surface area contributed by atoms with Crippen LogP contribution in [0.15, 0.2) is 58.8 Å². The second kappa shape index (κ2) is 8.10. The van der Waals surface area contributed by atoms with Gasteiger partial charge in [-0.05, 0) is 52.2 Å². The van der Waals surface area contributed by atoms with E-state index < -0.39 is 16.1 Å². The van der Waals surface area contributed by atoms with Crippen LogP contribution in [0.4, 0.5) is 0 Å². The van der Waals surface area contributed by atoms with Gasteiger partial charge in [-0.15, -0.1) is 11.3 Å². The van der Waals surface area contributed by atoms with E-state index >= 15 is 0 Å². The summed E-state index contributed by atoms with van der Waals surface area (Å²) < 4.78 is 26.6. The molecule has 3 rings (SSSR count). The molecule has 0 aliphatic heterocycles. The summed E-state index contributed by atoms with van der Waals surface area (Å²) >= 11 is 3.40. The summed E-state index contributed by atoms with van der Waals surface area (Å²) in [7, 11) is -0.434. The van der Waals surface area contributed by atoms with E-state index in [1.165, 1.54) is 34.1 Å². The van der Waals surface area contributed by atoms with Gasteiger partial charge in [-0.3, -0.25) is 0 Å². The molecule has 138 valence electrons. The van der Waals surface area contributed by atoms with Crippen LogP contribution >= 0.6 is 23.1 Å². The highest BCUT2D eigenvalue weighted by atomic mass is 32.2. The molecule has 0 saturated carbocycles. The molecule has 3 aromatic rings. The summed E-state index contributed by atoms with van der Waals surface area (Å²) in [5.41, 5.74) is 1.96. The molecule has 2 aromatic carbocycles. The highest BCUT2D eigenvalue weighted by Gasteiger charge is 2.17. The summed E-state index contributed by atoms with van der Waals surface area (Å²) in [6.45, 7) is 0. The first-order valence-electron chi connectivity index (χ1n) is 8.12. The van der Waals surface area contributed by atoms with Crippen molar-refractivity contribution in [3.63, 3.8) is 0 Å². The number of nitrogens with zero attached hydrogens (tertiary/aromatic N) is 1. The molecular formula is C19H21NO3S3. The SMILES string of the molecule is CN(C)S(=O)(=O)c1ccc(C(O)CSCc2ccc3sccc3c2)cc1. The molecule has 1 unspecified atom stereocenters. The smallest absolute Gasteiger partial charge is 0.242 e. The van der Waals surface area contributed by atoms with Crippen LogP contribution in [0.2, 0.25) is 0 Å². The van der Waals surface area contributed by atoms with E-state index in [0.717, 1.165) is 11.3 Å². The maximum atomic E-state index is 12.1. The van der Waals surface area contributed by atoms with Crippen LogP contribution in [-0.2, 0) is 15.8 Å². The minimum atomic E-state index is -3.44. The van der Waals surface area contributed by atoms with E-state index in [2.05, 4.69) is 29.6 Å². The van der Waals surface area contributed by atoms with Crippen LogP contribution in [0.1, 0.15) is 17.2 Å². The number of thiophene rings is 1. The first-order valence-corrected chi connectivity index (χ1v) is 11.6. The zero-order valence-corrected chi connectivity index (χ0v) is 17.1. The Labute approximate surface area is 162 Å². The minimum absolute atomic E-state index is 0.232. The number of benzene rings is 2. The van der Waals surface area contributed by atoms with Gasteiger partial charge in [0.1, 0.15) is 0 Å². The van der Waals surface area contributed by atoms with Gasteiger partial charge in [0.2, 0.25) is 10.0 Å². The van der Waals surface area contributed by atoms with Gasteiger partial charge >= 0.3 is 0 Å². The standard InChI is InChI=1S/C19H21NO3S3/c1-20(2)26(22,23)17-6-4-15(5-7-17)18(21)13-24-12-14-3-8-19-16(11-14)9-10-25-19/h3-11,18,21H,12-13H2,1-2H3. The largest absolute Gasteiger partial charge is 0.388 e. The van der Waals surface area contributed by atoms with E-state index in [9.17, 15) is 13.5 Å². The Kier molecular flexibility index (Phi) is 6.04. The fourth-order valence-electron chi connectivity index (χ4n) is 2.56. The molecule has 0 amide bonds. The Balaban J connectivity index is 1.58. The molecule has 0 saturated heterocycles. The van der Waals surface area contributed by atoms with E-state index in [4.69, 9.17) is 0 Å². The maximum Gasteiger partial charge on any atom is 0.242 e. The highest BCUT2D eigenvalue weighted by Crippen LogP contribution is 2.26. The Bertz CT molecular complexity index is 979. The molecule has 1 heterocycles. The molecule has 1 atom stereocenters. The molecule has 26 heavy (non-hydrogen) atoms. The molecule has 0 aliphatic carbocycles. The normalized spacial score (nSPS) is 13.4. The third-order valence-electron chi connectivity index (χ3n) is 4.10. The number of aliphatic hydroxyl groups excluding tert-OH is 1. The molecule has 0 radical (unpaired) electrons. The fraction of sp³-hybridized carbons (Fsp3) is 0.263. The monoisotopic (exact) mass is 407 g/mol. The number of aliphatic hydroxyl groups is 1. The van der Waals surface area contributed by atoms with Crippen LogP contribution in [0.25, 0.3) is 10.1 Å². The van der Waals surface area contributed by atoms with Gasteiger partial charge in [0, 0.05) is 30.3 Å². The lowest BCUT2D eigenvalue weighted by atomic mass is 10.1. The van der Waals surface area contributed by atoms with Gasteiger partial charge in [-0.1, -0.05) is 18.2 Å². The highest BCUT2D eigenvalue weighted by molar-refractivity contribution is 7.98. The van der Waals surface area contributed by atoms with E-state index in [1.54, 1.807) is 47.4 Å². The summed E-state index contributed by atoms with van der Waals surface area (Å²) in [5.74, 6) is 1.39. The van der Waals surface area contributed by atoms with Gasteiger partial charge in [-0.25, -0.2) is 12.7 Å². The zero-order valence-electron chi connectivity index (χ0n) is 14.6. The van der Waals surface area contributed by atoms with Gasteiger partial charge in [0.15, 0.2) is 0 Å². The van der Waals surface area contributed by atoms with Crippen molar-refractivity contribution in [1.82, 2.24) is 4.31 Å². The van der Waals surface area contributed by atoms with Crippen LogP contribution in [0.5, 0.6) is 0 Å². The molecule has 0 fully saturated rings. The van der Waals surface area contributed by atoms with Crippen molar-refractivity contribution < 1.29 is 13.5 Å². The minimum Gasteiger partial charge on any atom is -0.388 e. The predicted octanol–water partition coefficient (Wildman–Crippen LogP) is 4.12. The molecular weight excluding hydrogens is 386 g/mol. The molecule has 1 N–H and O–H groups in total. The summed E-state index contributed by atoms with van der Waals surface area (Å²) in [4.78, 5) is 0.232. The van der Waals surface area contributed by atoms with Crippen molar-refractivity contribution in [2.75, 3.05) is 19.8 Å². The average molecular weight is 408 g/mol. The Hall–Kier alpha value is -1.38. The summed E-state index contributed by atoms with van der Waals surface area (Å²) in [5, 5.41) is 13.7. The predicted molar refractivity (Wildman–Crippen MR) is 110 cm³/mol. The number of hydrogen-bond donors (Lipinski definition) is 1. The Morgan fingerprint density at radius 2 is 1.85 bits per heavy atom.